The second kappa shape index (κ2) is 3.81. The fourth-order valence-corrected chi connectivity index (χ4v) is 1.73. The second-order valence-corrected chi connectivity index (χ2v) is 3.89. The van der Waals surface area contributed by atoms with Crippen LogP contribution < -0.4 is 0 Å². The second-order valence-electron chi connectivity index (χ2n) is 2.67. The smallest absolute Gasteiger partial charge is 0.0847 e. The quantitative estimate of drug-likeness (QED) is 0.700. The molecule has 0 unspecified atom stereocenters. The molecule has 2 aromatic rings. The lowest BCUT2D eigenvalue weighted by atomic mass is 10.3. The minimum Gasteiger partial charge on any atom is -0.239 e. The van der Waals surface area contributed by atoms with Gasteiger partial charge in [0.25, 0.3) is 0 Å². The minimum atomic E-state index is 0.438. The van der Waals surface area contributed by atoms with Crippen LogP contribution in [0.15, 0.2) is 30.6 Å². The van der Waals surface area contributed by atoms with Crippen LogP contribution in [0, 0.1) is 0 Å². The van der Waals surface area contributed by atoms with Crippen LogP contribution in [0.2, 0.25) is 15.1 Å². The average molecular weight is 248 g/mol. The van der Waals surface area contributed by atoms with Gasteiger partial charge in [-0.25, -0.2) is 4.68 Å². The van der Waals surface area contributed by atoms with E-state index in [-0.39, 0.29) is 0 Å². The van der Waals surface area contributed by atoms with Crippen LogP contribution in [0.1, 0.15) is 0 Å². The molecule has 0 saturated carbocycles. The van der Waals surface area contributed by atoms with Crippen molar-refractivity contribution in [1.82, 2.24) is 9.78 Å². The van der Waals surface area contributed by atoms with E-state index in [4.69, 9.17) is 34.8 Å². The molecule has 0 amide bonds. The van der Waals surface area contributed by atoms with Gasteiger partial charge >= 0.3 is 0 Å². The standard InChI is InChI=1S/C9H5Cl3N2/c10-6-4-8(12)9(5-7(6)11)14-3-1-2-13-14/h1-5H. The molecule has 2 rings (SSSR count). The highest BCUT2D eigenvalue weighted by Gasteiger charge is 2.07. The van der Waals surface area contributed by atoms with Gasteiger partial charge in [0.1, 0.15) is 0 Å². The highest BCUT2D eigenvalue weighted by atomic mass is 35.5. The lowest BCUT2D eigenvalue weighted by Gasteiger charge is -2.05. The zero-order valence-corrected chi connectivity index (χ0v) is 9.18. The molecule has 0 aliphatic heterocycles. The van der Waals surface area contributed by atoms with Gasteiger partial charge in [0.05, 0.1) is 20.8 Å². The first-order valence-electron chi connectivity index (χ1n) is 3.83. The molecular weight excluding hydrogens is 242 g/mol. The van der Waals surface area contributed by atoms with Crippen molar-refractivity contribution in [2.75, 3.05) is 0 Å². The third kappa shape index (κ3) is 1.73. The Hall–Kier alpha value is -0.700. The summed E-state index contributed by atoms with van der Waals surface area (Å²) in [5.74, 6) is 0. The highest BCUT2D eigenvalue weighted by molar-refractivity contribution is 6.43. The molecule has 2 nitrogen and oxygen atoms in total. The van der Waals surface area contributed by atoms with Crippen LogP contribution in [-0.4, -0.2) is 9.78 Å². The number of benzene rings is 1. The monoisotopic (exact) mass is 246 g/mol. The Morgan fingerprint density at radius 3 is 2.36 bits per heavy atom. The zero-order chi connectivity index (χ0) is 10.1. The highest BCUT2D eigenvalue weighted by Crippen LogP contribution is 2.30. The fourth-order valence-electron chi connectivity index (χ4n) is 1.10. The van der Waals surface area contributed by atoms with Gasteiger partial charge in [0.15, 0.2) is 0 Å². The van der Waals surface area contributed by atoms with E-state index in [0.717, 1.165) is 0 Å². The molecule has 0 saturated heterocycles. The van der Waals surface area contributed by atoms with Gasteiger partial charge in [-0.05, 0) is 18.2 Å². The topological polar surface area (TPSA) is 17.8 Å². The van der Waals surface area contributed by atoms with Gasteiger partial charge in [-0.2, -0.15) is 5.10 Å². The Kier molecular flexibility index (Phi) is 2.68. The summed E-state index contributed by atoms with van der Waals surface area (Å²) in [5, 5.41) is 5.46. The summed E-state index contributed by atoms with van der Waals surface area (Å²) in [4.78, 5) is 0. The maximum Gasteiger partial charge on any atom is 0.0847 e. The molecule has 14 heavy (non-hydrogen) atoms. The Balaban J connectivity index is 2.60. The van der Waals surface area contributed by atoms with Gasteiger partial charge in [-0.1, -0.05) is 34.8 Å². The maximum absolute atomic E-state index is 5.99. The van der Waals surface area contributed by atoms with E-state index in [0.29, 0.717) is 20.8 Å². The number of halogens is 3. The third-order valence-electron chi connectivity index (χ3n) is 1.74. The number of nitrogens with zero attached hydrogens (tertiary/aromatic N) is 2. The molecule has 0 radical (unpaired) electrons. The van der Waals surface area contributed by atoms with E-state index in [9.17, 15) is 0 Å². The summed E-state index contributed by atoms with van der Waals surface area (Å²) >= 11 is 17.7. The molecule has 0 fully saturated rings. The Labute approximate surface area is 96.0 Å². The van der Waals surface area contributed by atoms with Crippen LogP contribution in [0.5, 0.6) is 0 Å². The van der Waals surface area contributed by atoms with Crippen LogP contribution in [0.3, 0.4) is 0 Å². The van der Waals surface area contributed by atoms with Crippen molar-refractivity contribution >= 4 is 34.8 Å². The van der Waals surface area contributed by atoms with E-state index >= 15 is 0 Å². The van der Waals surface area contributed by atoms with Crippen molar-refractivity contribution in [3.63, 3.8) is 0 Å². The van der Waals surface area contributed by atoms with E-state index in [1.807, 2.05) is 0 Å². The van der Waals surface area contributed by atoms with Crippen molar-refractivity contribution < 1.29 is 0 Å². The average Bonchev–Trinajstić information content (AvgIpc) is 2.64. The van der Waals surface area contributed by atoms with Crippen molar-refractivity contribution in [1.29, 1.82) is 0 Å². The largest absolute Gasteiger partial charge is 0.239 e. The Morgan fingerprint density at radius 1 is 1.00 bits per heavy atom. The zero-order valence-electron chi connectivity index (χ0n) is 6.92. The summed E-state index contributed by atoms with van der Waals surface area (Å²) in [6.07, 6.45) is 3.45. The SMILES string of the molecule is Clc1cc(Cl)c(-n2cccn2)cc1Cl. The third-order valence-corrected chi connectivity index (χ3v) is 2.77. The molecule has 0 spiro atoms. The van der Waals surface area contributed by atoms with Gasteiger partial charge in [-0.15, -0.1) is 0 Å². The summed E-state index contributed by atoms with van der Waals surface area (Å²) in [6.45, 7) is 0. The molecule has 0 atom stereocenters. The number of hydrogen-bond donors (Lipinski definition) is 0. The van der Waals surface area contributed by atoms with E-state index in [2.05, 4.69) is 5.10 Å². The summed E-state index contributed by atoms with van der Waals surface area (Å²) in [5.41, 5.74) is 0.714. The molecule has 1 aromatic heterocycles. The van der Waals surface area contributed by atoms with E-state index in [1.54, 1.807) is 35.3 Å². The van der Waals surface area contributed by atoms with E-state index in [1.165, 1.54) is 0 Å². The molecule has 5 heteroatoms. The van der Waals surface area contributed by atoms with Crippen molar-refractivity contribution in [3.05, 3.63) is 45.7 Å². The number of rotatable bonds is 1. The number of hydrogen-bond acceptors (Lipinski definition) is 1. The first kappa shape index (κ1) is 9.84. The van der Waals surface area contributed by atoms with Crippen LogP contribution >= 0.6 is 34.8 Å². The Morgan fingerprint density at radius 2 is 1.71 bits per heavy atom. The van der Waals surface area contributed by atoms with Crippen molar-refractivity contribution in [3.8, 4) is 5.69 Å². The first-order chi connectivity index (χ1) is 6.68. The van der Waals surface area contributed by atoms with E-state index < -0.39 is 0 Å². The van der Waals surface area contributed by atoms with Gasteiger partial charge in [0.2, 0.25) is 0 Å². The van der Waals surface area contributed by atoms with Gasteiger partial charge in [-0.3, -0.25) is 0 Å². The van der Waals surface area contributed by atoms with Gasteiger partial charge in [0, 0.05) is 12.4 Å². The maximum atomic E-state index is 5.99. The predicted molar refractivity (Wildman–Crippen MR) is 58.6 cm³/mol. The molecular formula is C9H5Cl3N2. The Bertz CT molecular complexity index is 451. The summed E-state index contributed by atoms with van der Waals surface area (Å²) < 4.78 is 1.63. The molecule has 1 aromatic carbocycles. The summed E-state index contributed by atoms with van der Waals surface area (Å²) in [7, 11) is 0. The number of aromatic nitrogens is 2. The first-order valence-corrected chi connectivity index (χ1v) is 4.96. The molecule has 72 valence electrons. The fraction of sp³-hybridized carbons (Fsp3) is 0. The minimum absolute atomic E-state index is 0.438. The summed E-state index contributed by atoms with van der Waals surface area (Å²) in [6, 6.07) is 5.08. The predicted octanol–water partition coefficient (Wildman–Crippen LogP) is 3.83. The van der Waals surface area contributed by atoms with Gasteiger partial charge < -0.3 is 0 Å². The normalized spacial score (nSPS) is 10.5. The van der Waals surface area contributed by atoms with Crippen molar-refractivity contribution in [2.45, 2.75) is 0 Å². The molecule has 0 N–H and O–H groups in total. The lowest BCUT2D eigenvalue weighted by molar-refractivity contribution is 0.881. The van der Waals surface area contributed by atoms with Crippen molar-refractivity contribution in [2.24, 2.45) is 0 Å². The lowest BCUT2D eigenvalue weighted by Crippen LogP contribution is -1.95. The van der Waals surface area contributed by atoms with Crippen LogP contribution in [0.25, 0.3) is 5.69 Å². The molecule has 1 heterocycles. The molecule has 0 aliphatic carbocycles. The molecule has 0 bridgehead atoms. The molecule has 0 aliphatic rings. The van der Waals surface area contributed by atoms with Crippen LogP contribution in [0.4, 0.5) is 0 Å². The van der Waals surface area contributed by atoms with Crippen LogP contribution in [-0.2, 0) is 0 Å².